The Morgan fingerprint density at radius 2 is 2.28 bits per heavy atom. The molecule has 18 heavy (non-hydrogen) atoms. The molecule has 0 spiro atoms. The van der Waals surface area contributed by atoms with Crippen molar-refractivity contribution in [2.75, 3.05) is 12.0 Å². The van der Waals surface area contributed by atoms with Gasteiger partial charge in [0.1, 0.15) is 0 Å². The molecule has 0 aliphatic rings. The van der Waals surface area contributed by atoms with Crippen molar-refractivity contribution in [3.8, 4) is 11.5 Å². The van der Waals surface area contributed by atoms with Gasteiger partial charge in [-0.05, 0) is 24.5 Å². The van der Waals surface area contributed by atoms with E-state index in [1.54, 1.807) is 11.8 Å². The fourth-order valence-electron chi connectivity index (χ4n) is 1.63. The van der Waals surface area contributed by atoms with E-state index in [-0.39, 0.29) is 0 Å². The van der Waals surface area contributed by atoms with E-state index >= 15 is 0 Å². The van der Waals surface area contributed by atoms with Gasteiger partial charge in [0.05, 0.1) is 16.0 Å². The summed E-state index contributed by atoms with van der Waals surface area (Å²) in [5, 5.41) is 4.49. The summed E-state index contributed by atoms with van der Waals surface area (Å²) in [6, 6.07) is 5.80. The Kier molecular flexibility index (Phi) is 2.92. The van der Waals surface area contributed by atoms with Crippen LogP contribution in [0.25, 0.3) is 21.7 Å². The van der Waals surface area contributed by atoms with E-state index in [0.717, 1.165) is 21.5 Å². The van der Waals surface area contributed by atoms with Gasteiger partial charge in [0.2, 0.25) is 0 Å². The highest BCUT2D eigenvalue weighted by molar-refractivity contribution is 7.97. The van der Waals surface area contributed by atoms with Crippen LogP contribution < -0.4 is 5.73 Å². The molecule has 0 fully saturated rings. The molecule has 3 aromatic rings. The summed E-state index contributed by atoms with van der Waals surface area (Å²) in [6.07, 6.45) is 2.00. The summed E-state index contributed by atoms with van der Waals surface area (Å²) in [6.45, 7) is 0. The molecule has 1 aromatic carbocycles. The first-order chi connectivity index (χ1) is 8.76. The van der Waals surface area contributed by atoms with Gasteiger partial charge in [-0.2, -0.15) is 16.7 Å². The van der Waals surface area contributed by atoms with Crippen molar-refractivity contribution in [2.45, 2.75) is 5.75 Å². The number of nitrogens with two attached hydrogens (primary N) is 1. The van der Waals surface area contributed by atoms with E-state index < -0.39 is 0 Å². The van der Waals surface area contributed by atoms with Crippen LogP contribution in [0.4, 0.5) is 5.13 Å². The zero-order valence-corrected chi connectivity index (χ0v) is 11.2. The number of benzene rings is 1. The number of thioether (sulfide) groups is 1. The van der Waals surface area contributed by atoms with Crippen molar-refractivity contribution in [1.29, 1.82) is 0 Å². The van der Waals surface area contributed by atoms with Gasteiger partial charge in [-0.3, -0.25) is 0 Å². The molecule has 92 valence electrons. The average Bonchev–Trinajstić information content (AvgIpc) is 2.93. The highest BCUT2D eigenvalue weighted by atomic mass is 32.2. The molecule has 0 unspecified atom stereocenters. The van der Waals surface area contributed by atoms with Crippen LogP contribution in [0.5, 0.6) is 0 Å². The lowest BCUT2D eigenvalue weighted by Gasteiger charge is -1.93. The second-order valence-electron chi connectivity index (χ2n) is 3.68. The number of rotatable bonds is 3. The smallest absolute Gasteiger partial charge is 0.258 e. The Bertz CT molecular complexity index is 691. The summed E-state index contributed by atoms with van der Waals surface area (Å²) in [5.74, 6) is 1.99. The van der Waals surface area contributed by atoms with Crippen LogP contribution in [0.2, 0.25) is 0 Å². The van der Waals surface area contributed by atoms with Crippen LogP contribution in [0, 0.1) is 0 Å². The molecule has 0 radical (unpaired) electrons. The van der Waals surface area contributed by atoms with Gasteiger partial charge in [-0.25, -0.2) is 4.98 Å². The summed E-state index contributed by atoms with van der Waals surface area (Å²) in [5.41, 5.74) is 7.46. The normalized spacial score (nSPS) is 11.2. The average molecular weight is 278 g/mol. The maximum atomic E-state index is 5.68. The number of hydrogen-bond donors (Lipinski definition) is 1. The number of nitrogens with zero attached hydrogens (tertiary/aromatic N) is 3. The van der Waals surface area contributed by atoms with Gasteiger partial charge in [-0.1, -0.05) is 16.5 Å². The molecular weight excluding hydrogens is 268 g/mol. The van der Waals surface area contributed by atoms with Crippen molar-refractivity contribution in [3.63, 3.8) is 0 Å². The van der Waals surface area contributed by atoms with Gasteiger partial charge in [0, 0.05) is 5.56 Å². The monoisotopic (exact) mass is 278 g/mol. The van der Waals surface area contributed by atoms with Crippen LogP contribution in [-0.4, -0.2) is 21.4 Å². The van der Waals surface area contributed by atoms with Gasteiger partial charge in [0.15, 0.2) is 11.0 Å². The Hall–Kier alpha value is -1.60. The maximum absolute atomic E-state index is 5.68. The lowest BCUT2D eigenvalue weighted by atomic mass is 10.2. The number of hydrogen-bond acceptors (Lipinski definition) is 7. The molecular formula is C11H10N4OS2. The number of fused-ring (bicyclic) bond motifs is 1. The number of nitrogen functional groups attached to an aromatic ring is 1. The van der Waals surface area contributed by atoms with Gasteiger partial charge in [0.25, 0.3) is 5.89 Å². The molecule has 2 heterocycles. The molecule has 0 amide bonds. The summed E-state index contributed by atoms with van der Waals surface area (Å²) in [4.78, 5) is 8.55. The molecule has 0 saturated carbocycles. The predicted octanol–water partition coefficient (Wildman–Crippen LogP) is 2.79. The Morgan fingerprint density at radius 3 is 3.11 bits per heavy atom. The van der Waals surface area contributed by atoms with Crippen molar-refractivity contribution in [3.05, 3.63) is 24.0 Å². The zero-order valence-electron chi connectivity index (χ0n) is 9.58. The van der Waals surface area contributed by atoms with E-state index in [4.69, 9.17) is 10.3 Å². The predicted molar refractivity (Wildman–Crippen MR) is 74.5 cm³/mol. The Morgan fingerprint density at radius 1 is 1.39 bits per heavy atom. The first-order valence-electron chi connectivity index (χ1n) is 5.24. The van der Waals surface area contributed by atoms with E-state index in [1.807, 2.05) is 24.5 Å². The van der Waals surface area contributed by atoms with E-state index in [0.29, 0.717) is 16.8 Å². The lowest BCUT2D eigenvalue weighted by molar-refractivity contribution is 0.425. The highest BCUT2D eigenvalue weighted by Gasteiger charge is 2.10. The minimum atomic E-state index is 0.535. The first kappa shape index (κ1) is 11.5. The van der Waals surface area contributed by atoms with Crippen molar-refractivity contribution >= 4 is 38.4 Å². The fourth-order valence-corrected chi connectivity index (χ4v) is 2.78. The standard InChI is InChI=1S/C11H10N4OS2/c1-17-5-9-14-10(16-15-9)6-2-3-7-8(4-6)18-11(12)13-7/h2-4H,5H2,1H3,(H2,12,13). The minimum Gasteiger partial charge on any atom is -0.375 e. The zero-order chi connectivity index (χ0) is 12.5. The first-order valence-corrected chi connectivity index (χ1v) is 7.45. The number of thiazole rings is 1. The van der Waals surface area contributed by atoms with E-state index in [2.05, 4.69) is 15.1 Å². The summed E-state index contributed by atoms with van der Waals surface area (Å²) in [7, 11) is 0. The Labute approximate surface area is 111 Å². The molecule has 0 aliphatic heterocycles. The van der Waals surface area contributed by atoms with Crippen LogP contribution in [0.1, 0.15) is 5.82 Å². The highest BCUT2D eigenvalue weighted by Crippen LogP contribution is 2.28. The van der Waals surface area contributed by atoms with Crippen LogP contribution in [-0.2, 0) is 5.75 Å². The van der Waals surface area contributed by atoms with E-state index in [9.17, 15) is 0 Å². The fraction of sp³-hybridized carbons (Fsp3) is 0.182. The molecule has 0 bridgehead atoms. The molecule has 0 atom stereocenters. The molecule has 7 heteroatoms. The topological polar surface area (TPSA) is 77.8 Å². The second-order valence-corrected chi connectivity index (χ2v) is 5.61. The SMILES string of the molecule is CSCc1noc(-c2ccc3nc(N)sc3c2)n1. The molecule has 5 nitrogen and oxygen atoms in total. The third kappa shape index (κ3) is 2.06. The number of aromatic nitrogens is 3. The third-order valence-electron chi connectivity index (χ3n) is 2.39. The minimum absolute atomic E-state index is 0.535. The molecule has 0 saturated heterocycles. The largest absolute Gasteiger partial charge is 0.375 e. The van der Waals surface area contributed by atoms with Crippen LogP contribution in [0.3, 0.4) is 0 Å². The second kappa shape index (κ2) is 4.58. The molecule has 2 N–H and O–H groups in total. The summed E-state index contributed by atoms with van der Waals surface area (Å²) >= 11 is 3.11. The van der Waals surface area contributed by atoms with Gasteiger partial charge < -0.3 is 10.3 Å². The maximum Gasteiger partial charge on any atom is 0.258 e. The van der Waals surface area contributed by atoms with Gasteiger partial charge >= 0.3 is 0 Å². The number of anilines is 1. The molecule has 3 rings (SSSR count). The Balaban J connectivity index is 2.01. The molecule has 2 aromatic heterocycles. The van der Waals surface area contributed by atoms with Gasteiger partial charge in [-0.15, -0.1) is 0 Å². The third-order valence-corrected chi connectivity index (χ3v) is 3.79. The van der Waals surface area contributed by atoms with Crippen molar-refractivity contribution in [2.24, 2.45) is 0 Å². The van der Waals surface area contributed by atoms with Crippen molar-refractivity contribution < 1.29 is 4.52 Å². The molecule has 0 aliphatic carbocycles. The van der Waals surface area contributed by atoms with Crippen LogP contribution in [0.15, 0.2) is 22.7 Å². The lowest BCUT2D eigenvalue weighted by Crippen LogP contribution is -1.82. The quantitative estimate of drug-likeness (QED) is 0.793. The summed E-state index contributed by atoms with van der Waals surface area (Å²) < 4.78 is 6.26. The van der Waals surface area contributed by atoms with Crippen LogP contribution >= 0.6 is 23.1 Å². The van der Waals surface area contributed by atoms with E-state index in [1.165, 1.54) is 11.3 Å². The van der Waals surface area contributed by atoms with Crippen molar-refractivity contribution in [1.82, 2.24) is 15.1 Å².